The maximum atomic E-state index is 12.7. The fourth-order valence-electron chi connectivity index (χ4n) is 1.43. The predicted molar refractivity (Wildman–Crippen MR) is 65.4 cm³/mol. The largest absolute Gasteiger partial charge is 0.409 e. The first-order chi connectivity index (χ1) is 8.04. The van der Waals surface area contributed by atoms with E-state index in [1.165, 1.54) is 12.1 Å². The van der Waals surface area contributed by atoms with E-state index in [0.717, 1.165) is 5.56 Å². The van der Waals surface area contributed by atoms with Crippen molar-refractivity contribution in [3.8, 4) is 0 Å². The van der Waals surface area contributed by atoms with Gasteiger partial charge in [-0.3, -0.25) is 0 Å². The molecule has 0 aliphatic rings. The Hall–Kier alpha value is -1.62. The van der Waals surface area contributed by atoms with Gasteiger partial charge in [-0.15, -0.1) is 0 Å². The monoisotopic (exact) mass is 239 g/mol. The number of hydrogen-bond donors (Lipinski definition) is 3. The number of nitrogens with zero attached hydrogens (tertiary/aromatic N) is 1. The molecule has 0 aromatic heterocycles. The summed E-state index contributed by atoms with van der Waals surface area (Å²) in [4.78, 5) is 0. The fraction of sp³-hybridized carbons (Fsp3) is 0.417. The summed E-state index contributed by atoms with van der Waals surface area (Å²) in [6.07, 6.45) is 0. The first-order valence-electron chi connectivity index (χ1n) is 5.51. The highest BCUT2D eigenvalue weighted by Crippen LogP contribution is 2.13. The van der Waals surface area contributed by atoms with Crippen LogP contribution in [0.3, 0.4) is 0 Å². The molecule has 0 spiro atoms. The molecule has 0 aliphatic carbocycles. The highest BCUT2D eigenvalue weighted by molar-refractivity contribution is 5.82. The van der Waals surface area contributed by atoms with Gasteiger partial charge in [-0.2, -0.15) is 0 Å². The second kappa shape index (κ2) is 6.20. The van der Waals surface area contributed by atoms with Crippen LogP contribution in [0, 0.1) is 11.7 Å². The third-order valence-corrected chi connectivity index (χ3v) is 2.72. The van der Waals surface area contributed by atoms with Crippen LogP contribution in [-0.2, 0) is 0 Å². The molecule has 4 N–H and O–H groups in total. The SMILES string of the molecule is CC(CNC(C)c1ccc(F)cc1)/C(N)=N/O. The quantitative estimate of drug-likeness (QED) is 0.318. The number of nitrogens with one attached hydrogen (secondary N) is 1. The molecule has 94 valence electrons. The third kappa shape index (κ3) is 4.03. The fourth-order valence-corrected chi connectivity index (χ4v) is 1.43. The van der Waals surface area contributed by atoms with Crippen LogP contribution in [0.1, 0.15) is 25.5 Å². The van der Waals surface area contributed by atoms with Gasteiger partial charge in [-0.05, 0) is 24.6 Å². The van der Waals surface area contributed by atoms with Crippen LogP contribution < -0.4 is 11.1 Å². The molecule has 0 amide bonds. The summed E-state index contributed by atoms with van der Waals surface area (Å²) in [6, 6.07) is 6.42. The maximum absolute atomic E-state index is 12.7. The van der Waals surface area contributed by atoms with Gasteiger partial charge in [0.25, 0.3) is 0 Å². The van der Waals surface area contributed by atoms with E-state index < -0.39 is 0 Å². The summed E-state index contributed by atoms with van der Waals surface area (Å²) in [5.41, 5.74) is 6.47. The number of amidine groups is 1. The molecule has 0 saturated heterocycles. The molecule has 0 aliphatic heterocycles. The van der Waals surface area contributed by atoms with Gasteiger partial charge in [-0.25, -0.2) is 4.39 Å². The molecule has 0 bridgehead atoms. The molecule has 0 heterocycles. The Morgan fingerprint density at radius 3 is 2.53 bits per heavy atom. The van der Waals surface area contributed by atoms with E-state index in [4.69, 9.17) is 10.9 Å². The molecule has 17 heavy (non-hydrogen) atoms. The molecular formula is C12H18FN3O. The highest BCUT2D eigenvalue weighted by Gasteiger charge is 2.10. The Balaban J connectivity index is 2.50. The molecule has 2 unspecified atom stereocenters. The van der Waals surface area contributed by atoms with Crippen molar-refractivity contribution in [1.82, 2.24) is 5.32 Å². The van der Waals surface area contributed by atoms with Gasteiger partial charge in [0.05, 0.1) is 0 Å². The van der Waals surface area contributed by atoms with Crippen molar-refractivity contribution in [1.29, 1.82) is 0 Å². The van der Waals surface area contributed by atoms with Gasteiger partial charge in [-0.1, -0.05) is 24.2 Å². The van der Waals surface area contributed by atoms with Crippen molar-refractivity contribution >= 4 is 5.84 Å². The van der Waals surface area contributed by atoms with E-state index in [9.17, 15) is 4.39 Å². The first kappa shape index (κ1) is 13.4. The number of benzene rings is 1. The Bertz CT molecular complexity index is 378. The zero-order chi connectivity index (χ0) is 12.8. The van der Waals surface area contributed by atoms with E-state index in [1.54, 1.807) is 12.1 Å². The molecule has 2 atom stereocenters. The number of halogens is 1. The highest BCUT2D eigenvalue weighted by atomic mass is 19.1. The van der Waals surface area contributed by atoms with E-state index in [1.807, 2.05) is 13.8 Å². The summed E-state index contributed by atoms with van der Waals surface area (Å²) in [6.45, 7) is 4.43. The lowest BCUT2D eigenvalue weighted by molar-refractivity contribution is 0.313. The van der Waals surface area contributed by atoms with Crippen LogP contribution >= 0.6 is 0 Å². The van der Waals surface area contributed by atoms with Crippen molar-refractivity contribution in [2.75, 3.05) is 6.54 Å². The Kier molecular flexibility index (Phi) is 4.90. The molecule has 0 radical (unpaired) electrons. The molecule has 5 heteroatoms. The average Bonchev–Trinajstić information content (AvgIpc) is 2.35. The van der Waals surface area contributed by atoms with Crippen molar-refractivity contribution in [2.45, 2.75) is 19.9 Å². The minimum Gasteiger partial charge on any atom is -0.409 e. The first-order valence-corrected chi connectivity index (χ1v) is 5.51. The predicted octanol–water partition coefficient (Wildman–Crippen LogP) is 1.86. The minimum atomic E-state index is -0.244. The van der Waals surface area contributed by atoms with Gasteiger partial charge >= 0.3 is 0 Å². The second-order valence-electron chi connectivity index (χ2n) is 4.11. The molecule has 1 aromatic carbocycles. The molecule has 0 fully saturated rings. The summed E-state index contributed by atoms with van der Waals surface area (Å²) in [5, 5.41) is 14.7. The summed E-state index contributed by atoms with van der Waals surface area (Å²) in [5.74, 6) is -0.0994. The van der Waals surface area contributed by atoms with E-state index in [-0.39, 0.29) is 23.6 Å². The smallest absolute Gasteiger partial charge is 0.143 e. The number of oxime groups is 1. The van der Waals surface area contributed by atoms with Gasteiger partial charge in [0.1, 0.15) is 11.7 Å². The van der Waals surface area contributed by atoms with Crippen molar-refractivity contribution < 1.29 is 9.60 Å². The zero-order valence-corrected chi connectivity index (χ0v) is 10.0. The van der Waals surface area contributed by atoms with Crippen LogP contribution in [-0.4, -0.2) is 17.6 Å². The second-order valence-corrected chi connectivity index (χ2v) is 4.11. The van der Waals surface area contributed by atoms with Crippen LogP contribution in [0.4, 0.5) is 4.39 Å². The van der Waals surface area contributed by atoms with E-state index in [2.05, 4.69) is 10.5 Å². The molecular weight excluding hydrogens is 221 g/mol. The van der Waals surface area contributed by atoms with E-state index >= 15 is 0 Å². The number of hydrogen-bond acceptors (Lipinski definition) is 3. The van der Waals surface area contributed by atoms with Crippen LogP contribution in [0.15, 0.2) is 29.4 Å². The Morgan fingerprint density at radius 2 is 2.00 bits per heavy atom. The van der Waals surface area contributed by atoms with Crippen LogP contribution in [0.25, 0.3) is 0 Å². The number of nitrogens with two attached hydrogens (primary N) is 1. The lowest BCUT2D eigenvalue weighted by Crippen LogP contribution is -2.32. The molecule has 1 rings (SSSR count). The van der Waals surface area contributed by atoms with Gasteiger partial charge in [0.15, 0.2) is 0 Å². The topological polar surface area (TPSA) is 70.6 Å². The Labute approximate surface area is 100 Å². The van der Waals surface area contributed by atoms with Crippen LogP contribution in [0.2, 0.25) is 0 Å². The lowest BCUT2D eigenvalue weighted by atomic mass is 10.1. The minimum absolute atomic E-state index is 0.0529. The molecule has 1 aromatic rings. The van der Waals surface area contributed by atoms with Gasteiger partial charge in [0.2, 0.25) is 0 Å². The normalized spacial score (nSPS) is 15.6. The average molecular weight is 239 g/mol. The summed E-state index contributed by atoms with van der Waals surface area (Å²) in [7, 11) is 0. The maximum Gasteiger partial charge on any atom is 0.143 e. The number of rotatable bonds is 5. The van der Waals surface area contributed by atoms with Crippen molar-refractivity contribution in [2.24, 2.45) is 16.8 Å². The molecule has 4 nitrogen and oxygen atoms in total. The van der Waals surface area contributed by atoms with Crippen LogP contribution in [0.5, 0.6) is 0 Å². The van der Waals surface area contributed by atoms with Gasteiger partial charge in [0, 0.05) is 18.5 Å². The van der Waals surface area contributed by atoms with Crippen molar-refractivity contribution in [3.63, 3.8) is 0 Å². The molecule has 0 saturated carbocycles. The third-order valence-electron chi connectivity index (χ3n) is 2.72. The summed E-state index contributed by atoms with van der Waals surface area (Å²) < 4.78 is 12.7. The van der Waals surface area contributed by atoms with Gasteiger partial charge < -0.3 is 16.3 Å². The van der Waals surface area contributed by atoms with E-state index in [0.29, 0.717) is 6.54 Å². The lowest BCUT2D eigenvalue weighted by Gasteiger charge is -2.17. The standard InChI is InChI=1S/C12H18FN3O/c1-8(12(14)16-17)7-15-9(2)10-3-5-11(13)6-4-10/h3-6,8-9,15,17H,7H2,1-2H3,(H2,14,16). The zero-order valence-electron chi connectivity index (χ0n) is 10.0. The Morgan fingerprint density at radius 1 is 1.41 bits per heavy atom. The summed E-state index contributed by atoms with van der Waals surface area (Å²) >= 11 is 0. The van der Waals surface area contributed by atoms with Crippen molar-refractivity contribution in [3.05, 3.63) is 35.6 Å².